The molecule has 0 bridgehead atoms. The highest BCUT2D eigenvalue weighted by molar-refractivity contribution is 7.26. The van der Waals surface area contributed by atoms with Gasteiger partial charge in [0.25, 0.3) is 0 Å². The van der Waals surface area contributed by atoms with Crippen molar-refractivity contribution in [3.05, 3.63) is 28.2 Å². The summed E-state index contributed by atoms with van der Waals surface area (Å²) in [5.41, 5.74) is 0. The van der Waals surface area contributed by atoms with Crippen LogP contribution in [0.4, 0.5) is 0 Å². The van der Waals surface area contributed by atoms with Crippen molar-refractivity contribution in [1.29, 1.82) is 0 Å². The van der Waals surface area contributed by atoms with Crippen LogP contribution in [0.1, 0.15) is 16.7 Å². The second kappa shape index (κ2) is 4.75. The molecular formula is C11H13N5S2. The Morgan fingerprint density at radius 3 is 3.00 bits per heavy atom. The summed E-state index contributed by atoms with van der Waals surface area (Å²) in [7, 11) is 3.75. The molecule has 0 saturated heterocycles. The molecule has 0 fully saturated rings. The first-order chi connectivity index (χ1) is 8.76. The molecule has 1 atom stereocenters. The monoisotopic (exact) mass is 279 g/mol. The van der Waals surface area contributed by atoms with Gasteiger partial charge in [-0.3, -0.25) is 0 Å². The van der Waals surface area contributed by atoms with Crippen molar-refractivity contribution in [2.45, 2.75) is 12.5 Å². The zero-order valence-corrected chi connectivity index (χ0v) is 11.8. The van der Waals surface area contributed by atoms with Crippen molar-refractivity contribution in [1.82, 2.24) is 25.5 Å². The fourth-order valence-electron chi connectivity index (χ4n) is 1.89. The van der Waals surface area contributed by atoms with E-state index in [1.165, 1.54) is 19.1 Å². The molecule has 3 heterocycles. The molecule has 0 aliphatic carbocycles. The summed E-state index contributed by atoms with van der Waals surface area (Å²) in [6.45, 7) is 0. The zero-order chi connectivity index (χ0) is 12.5. The van der Waals surface area contributed by atoms with Crippen molar-refractivity contribution in [2.24, 2.45) is 7.05 Å². The lowest BCUT2D eigenvalue weighted by Crippen LogP contribution is -2.18. The molecule has 94 valence electrons. The van der Waals surface area contributed by atoms with Crippen LogP contribution in [0.3, 0.4) is 0 Å². The third kappa shape index (κ3) is 2.16. The largest absolute Gasteiger partial charge is 0.312 e. The molecule has 0 aliphatic heterocycles. The Hall–Kier alpha value is -1.31. The minimum atomic E-state index is 0.249. The average Bonchev–Trinajstić information content (AvgIpc) is 3.00. The molecule has 3 aromatic rings. The smallest absolute Gasteiger partial charge is 0.176 e. The molecule has 0 aromatic carbocycles. The van der Waals surface area contributed by atoms with E-state index < -0.39 is 0 Å². The number of aromatic nitrogens is 4. The molecule has 0 aliphatic rings. The van der Waals surface area contributed by atoms with Crippen LogP contribution in [0.5, 0.6) is 0 Å². The van der Waals surface area contributed by atoms with E-state index in [0.29, 0.717) is 0 Å². The molecule has 0 spiro atoms. The number of aryl methyl sites for hydroxylation is 1. The number of thiophene rings is 2. The minimum Gasteiger partial charge on any atom is -0.312 e. The summed E-state index contributed by atoms with van der Waals surface area (Å²) in [5, 5.41) is 17.6. The van der Waals surface area contributed by atoms with Crippen LogP contribution in [0.2, 0.25) is 0 Å². The van der Waals surface area contributed by atoms with Gasteiger partial charge < -0.3 is 5.32 Å². The van der Waals surface area contributed by atoms with Crippen LogP contribution in [-0.4, -0.2) is 27.3 Å². The van der Waals surface area contributed by atoms with Gasteiger partial charge in [-0.2, -0.15) is 4.80 Å². The van der Waals surface area contributed by atoms with E-state index in [2.05, 4.69) is 38.2 Å². The fraction of sp³-hybridized carbons (Fsp3) is 0.364. The Balaban J connectivity index is 1.85. The molecule has 5 nitrogen and oxygen atoms in total. The van der Waals surface area contributed by atoms with Crippen LogP contribution in [0.25, 0.3) is 9.40 Å². The molecule has 1 N–H and O–H groups in total. The molecule has 0 amide bonds. The third-order valence-electron chi connectivity index (χ3n) is 2.79. The van der Waals surface area contributed by atoms with Gasteiger partial charge in [-0.1, -0.05) is 0 Å². The normalized spacial score (nSPS) is 13.2. The summed E-state index contributed by atoms with van der Waals surface area (Å²) in [4.78, 5) is 2.82. The van der Waals surface area contributed by atoms with Gasteiger partial charge in [0.1, 0.15) is 0 Å². The number of hydrogen-bond donors (Lipinski definition) is 1. The highest BCUT2D eigenvalue weighted by atomic mass is 32.1. The third-order valence-corrected chi connectivity index (χ3v) is 4.99. The molecule has 18 heavy (non-hydrogen) atoms. The summed E-state index contributed by atoms with van der Waals surface area (Å²) in [6.07, 6.45) is 0.762. The molecule has 3 rings (SSSR count). The zero-order valence-electron chi connectivity index (χ0n) is 10.1. The lowest BCUT2D eigenvalue weighted by molar-refractivity contribution is 0.578. The maximum atomic E-state index is 4.23. The number of likely N-dealkylation sites (N-methyl/N-ethyl adjacent to an activating group) is 1. The van der Waals surface area contributed by atoms with Gasteiger partial charge in [-0.15, -0.1) is 32.9 Å². The predicted octanol–water partition coefficient (Wildman–Crippen LogP) is 1.99. The maximum absolute atomic E-state index is 4.23. The van der Waals surface area contributed by atoms with Gasteiger partial charge in [-0.25, -0.2) is 0 Å². The van der Waals surface area contributed by atoms with E-state index in [-0.39, 0.29) is 6.04 Å². The number of nitrogens with zero attached hydrogens (tertiary/aromatic N) is 4. The Bertz CT molecular complexity index is 625. The number of rotatable bonds is 4. The predicted molar refractivity (Wildman–Crippen MR) is 74.0 cm³/mol. The SMILES string of the molecule is CNC(Cc1nnn(C)n1)c1cc2sccc2s1. The minimum absolute atomic E-state index is 0.249. The number of hydrogen-bond acceptors (Lipinski definition) is 6. The summed E-state index contributed by atoms with van der Waals surface area (Å²) >= 11 is 3.61. The Morgan fingerprint density at radius 2 is 2.33 bits per heavy atom. The van der Waals surface area contributed by atoms with E-state index >= 15 is 0 Å². The lowest BCUT2D eigenvalue weighted by atomic mass is 10.1. The van der Waals surface area contributed by atoms with Gasteiger partial charge >= 0.3 is 0 Å². The highest BCUT2D eigenvalue weighted by Crippen LogP contribution is 2.34. The quantitative estimate of drug-likeness (QED) is 0.793. The number of nitrogens with one attached hydrogen (secondary N) is 1. The van der Waals surface area contributed by atoms with Gasteiger partial charge in [-0.05, 0) is 29.8 Å². The van der Waals surface area contributed by atoms with E-state index in [1.54, 1.807) is 18.4 Å². The van der Waals surface area contributed by atoms with Gasteiger partial charge in [0.2, 0.25) is 0 Å². The topological polar surface area (TPSA) is 55.6 Å². The molecule has 0 radical (unpaired) electrons. The standard InChI is InChI=1S/C11H13N5S2/c1-12-7(5-11-13-15-16(2)14-11)9-6-10-8(18-9)3-4-17-10/h3-4,6-7,12H,5H2,1-2H3. The first kappa shape index (κ1) is 11.8. The van der Waals surface area contributed by atoms with Gasteiger partial charge in [0, 0.05) is 26.7 Å². The average molecular weight is 279 g/mol. The van der Waals surface area contributed by atoms with Crippen molar-refractivity contribution in [3.8, 4) is 0 Å². The maximum Gasteiger partial charge on any atom is 0.176 e. The van der Waals surface area contributed by atoms with Crippen LogP contribution >= 0.6 is 22.7 Å². The van der Waals surface area contributed by atoms with Crippen molar-refractivity contribution in [3.63, 3.8) is 0 Å². The van der Waals surface area contributed by atoms with E-state index in [4.69, 9.17) is 0 Å². The molecular weight excluding hydrogens is 266 g/mol. The van der Waals surface area contributed by atoms with Crippen LogP contribution in [-0.2, 0) is 13.5 Å². The second-order valence-electron chi connectivity index (χ2n) is 4.04. The summed E-state index contributed by atoms with van der Waals surface area (Å²) < 4.78 is 2.70. The summed E-state index contributed by atoms with van der Waals surface area (Å²) in [5.74, 6) is 0.772. The van der Waals surface area contributed by atoms with E-state index in [0.717, 1.165) is 12.2 Å². The first-order valence-corrected chi connectivity index (χ1v) is 7.33. The molecule has 3 aromatic heterocycles. The summed E-state index contributed by atoms with van der Waals surface area (Å²) in [6, 6.07) is 4.67. The molecule has 7 heteroatoms. The number of tetrazole rings is 1. The molecule has 1 unspecified atom stereocenters. The van der Waals surface area contributed by atoms with Crippen molar-refractivity contribution < 1.29 is 0 Å². The van der Waals surface area contributed by atoms with Crippen LogP contribution < -0.4 is 5.32 Å². The van der Waals surface area contributed by atoms with Crippen LogP contribution in [0, 0.1) is 0 Å². The van der Waals surface area contributed by atoms with Gasteiger partial charge in [0.05, 0.1) is 7.05 Å². The lowest BCUT2D eigenvalue weighted by Gasteiger charge is -2.11. The highest BCUT2D eigenvalue weighted by Gasteiger charge is 2.16. The molecule has 0 saturated carbocycles. The van der Waals surface area contributed by atoms with E-state index in [1.807, 2.05) is 18.4 Å². The Morgan fingerprint density at radius 1 is 1.44 bits per heavy atom. The van der Waals surface area contributed by atoms with Gasteiger partial charge in [0.15, 0.2) is 5.82 Å². The van der Waals surface area contributed by atoms with E-state index in [9.17, 15) is 0 Å². The second-order valence-corrected chi connectivity index (χ2v) is 6.10. The van der Waals surface area contributed by atoms with Crippen molar-refractivity contribution in [2.75, 3.05) is 7.05 Å². The fourth-order valence-corrected chi connectivity index (χ4v) is 4.12. The Kier molecular flexibility index (Phi) is 3.11. The van der Waals surface area contributed by atoms with Crippen molar-refractivity contribution >= 4 is 32.1 Å². The number of fused-ring (bicyclic) bond motifs is 1. The van der Waals surface area contributed by atoms with Crippen LogP contribution in [0.15, 0.2) is 17.5 Å². The Labute approximate surface area is 112 Å². The first-order valence-electron chi connectivity index (χ1n) is 5.63.